The van der Waals surface area contributed by atoms with Crippen LogP contribution in [0.3, 0.4) is 0 Å². The molecule has 24 heavy (non-hydrogen) atoms. The number of hydrogen-bond donors (Lipinski definition) is 0. The zero-order valence-corrected chi connectivity index (χ0v) is 16.7. The van der Waals surface area contributed by atoms with E-state index in [9.17, 15) is 4.79 Å². The Balaban J connectivity index is 4.08. The summed E-state index contributed by atoms with van der Waals surface area (Å²) in [6.45, 7) is 13.3. The van der Waals surface area contributed by atoms with Crippen molar-refractivity contribution in [2.75, 3.05) is 13.2 Å². The highest BCUT2D eigenvalue weighted by molar-refractivity contribution is 5.80. The van der Waals surface area contributed by atoms with Gasteiger partial charge >= 0.3 is 0 Å². The molecule has 0 bridgehead atoms. The fourth-order valence-corrected chi connectivity index (χ4v) is 2.49. The van der Waals surface area contributed by atoms with Crippen molar-refractivity contribution < 1.29 is 14.3 Å². The monoisotopic (exact) mass is 338 g/mol. The number of unbranched alkanes of at least 4 members (excludes halogenated alkanes) is 2. The maximum absolute atomic E-state index is 12.2. The minimum Gasteiger partial charge on any atom is -0.375 e. The molecule has 0 radical (unpaired) electrons. The number of carbonyl (C=O) groups is 1. The van der Waals surface area contributed by atoms with Gasteiger partial charge in [-0.2, -0.15) is 0 Å². The smallest absolute Gasteiger partial charge is 0.135 e. The molecule has 0 saturated heterocycles. The largest absolute Gasteiger partial charge is 0.375 e. The molecule has 0 aromatic heterocycles. The summed E-state index contributed by atoms with van der Waals surface area (Å²) in [6, 6.07) is 0. The van der Waals surface area contributed by atoms with E-state index in [1.807, 2.05) is 13.8 Å². The van der Waals surface area contributed by atoms with E-state index in [2.05, 4.69) is 33.6 Å². The Bertz CT molecular complexity index is 390. The first-order valence-corrected chi connectivity index (χ1v) is 9.37. The van der Waals surface area contributed by atoms with Crippen molar-refractivity contribution >= 4 is 5.78 Å². The third-order valence-electron chi connectivity index (χ3n) is 4.51. The number of carbonyl (C=O) groups excluding carboxylic acids is 1. The van der Waals surface area contributed by atoms with Crippen molar-refractivity contribution in [2.45, 2.75) is 97.7 Å². The molecule has 0 fully saturated rings. The Morgan fingerprint density at radius 2 is 1.71 bits per heavy atom. The predicted molar refractivity (Wildman–Crippen MR) is 101 cm³/mol. The molecule has 0 aliphatic heterocycles. The molecular weight excluding hydrogens is 300 g/mol. The average Bonchev–Trinajstić information content (AvgIpc) is 2.50. The third kappa shape index (κ3) is 11.6. The molecule has 3 nitrogen and oxygen atoms in total. The van der Waals surface area contributed by atoms with Crippen LogP contribution in [0, 0.1) is 18.3 Å². The molecule has 0 aromatic rings. The van der Waals surface area contributed by atoms with Crippen LogP contribution in [0.1, 0.15) is 86.5 Å². The van der Waals surface area contributed by atoms with E-state index in [0.29, 0.717) is 25.4 Å². The SMILES string of the molecule is C#CCOC(C)(C)CCOC(C)(C)CCC(=O)[C@@H](C)CCCCC. The van der Waals surface area contributed by atoms with Gasteiger partial charge in [0, 0.05) is 12.3 Å². The van der Waals surface area contributed by atoms with Gasteiger partial charge in [0.05, 0.1) is 17.8 Å². The van der Waals surface area contributed by atoms with Crippen LogP contribution in [0.4, 0.5) is 0 Å². The quantitative estimate of drug-likeness (QED) is 0.324. The standard InChI is InChI=1S/C21H38O3/c1-8-10-11-12-18(3)19(22)13-14-20(4,5)24-17-15-21(6,7)23-16-9-2/h2,18H,8,10-17H2,1,3-7H3/t18-/m0/s1. The van der Waals surface area contributed by atoms with Gasteiger partial charge in [0.25, 0.3) is 0 Å². The van der Waals surface area contributed by atoms with Crippen LogP contribution in [0.25, 0.3) is 0 Å². The van der Waals surface area contributed by atoms with E-state index >= 15 is 0 Å². The van der Waals surface area contributed by atoms with Crippen LogP contribution in [-0.4, -0.2) is 30.2 Å². The number of Topliss-reactive ketones (excluding diaryl/α,β-unsaturated/α-hetero) is 1. The topological polar surface area (TPSA) is 35.5 Å². The van der Waals surface area contributed by atoms with Crippen LogP contribution in [0.2, 0.25) is 0 Å². The highest BCUT2D eigenvalue weighted by atomic mass is 16.5. The first-order valence-electron chi connectivity index (χ1n) is 9.37. The van der Waals surface area contributed by atoms with Gasteiger partial charge in [0.15, 0.2) is 0 Å². The fraction of sp³-hybridized carbons (Fsp3) is 0.857. The first kappa shape index (κ1) is 23.1. The van der Waals surface area contributed by atoms with Gasteiger partial charge in [-0.1, -0.05) is 39.0 Å². The number of ether oxygens (including phenoxy) is 2. The molecule has 140 valence electrons. The van der Waals surface area contributed by atoms with E-state index < -0.39 is 0 Å². The van der Waals surface area contributed by atoms with Crippen LogP contribution >= 0.6 is 0 Å². The average molecular weight is 339 g/mol. The van der Waals surface area contributed by atoms with E-state index in [1.54, 1.807) is 0 Å². The van der Waals surface area contributed by atoms with Crippen LogP contribution in [-0.2, 0) is 14.3 Å². The van der Waals surface area contributed by atoms with E-state index in [0.717, 1.165) is 25.7 Å². The molecule has 0 aliphatic rings. The second-order valence-electron chi connectivity index (χ2n) is 7.97. The Kier molecular flexibility index (Phi) is 11.2. The summed E-state index contributed by atoms with van der Waals surface area (Å²) in [4.78, 5) is 12.2. The molecule has 0 amide bonds. The highest BCUT2D eigenvalue weighted by Crippen LogP contribution is 2.22. The lowest BCUT2D eigenvalue weighted by Gasteiger charge is -2.29. The Morgan fingerprint density at radius 1 is 1.08 bits per heavy atom. The second-order valence-corrected chi connectivity index (χ2v) is 7.97. The summed E-state index contributed by atoms with van der Waals surface area (Å²) >= 11 is 0. The number of ketones is 1. The lowest BCUT2D eigenvalue weighted by atomic mass is 9.92. The van der Waals surface area contributed by atoms with Gasteiger partial charge in [-0.05, 0) is 47.0 Å². The number of hydrogen-bond acceptors (Lipinski definition) is 3. The van der Waals surface area contributed by atoms with Crippen molar-refractivity contribution in [1.82, 2.24) is 0 Å². The molecule has 3 heteroatoms. The highest BCUT2D eigenvalue weighted by Gasteiger charge is 2.24. The second kappa shape index (κ2) is 11.7. The predicted octanol–water partition coefficient (Wildman–Crippen LogP) is 5.17. The molecule has 0 aliphatic carbocycles. The van der Waals surface area contributed by atoms with E-state index in [-0.39, 0.29) is 17.1 Å². The number of rotatable bonds is 14. The molecule has 0 heterocycles. The molecule has 0 N–H and O–H groups in total. The van der Waals surface area contributed by atoms with Crippen molar-refractivity contribution in [3.8, 4) is 12.3 Å². The maximum atomic E-state index is 12.2. The van der Waals surface area contributed by atoms with Crippen molar-refractivity contribution in [3.63, 3.8) is 0 Å². The Hall–Kier alpha value is -0.850. The van der Waals surface area contributed by atoms with E-state index in [4.69, 9.17) is 15.9 Å². The number of terminal acetylenes is 1. The van der Waals surface area contributed by atoms with Crippen LogP contribution in [0.5, 0.6) is 0 Å². The molecule has 0 spiro atoms. The van der Waals surface area contributed by atoms with Crippen LogP contribution < -0.4 is 0 Å². The molecule has 0 aromatic carbocycles. The van der Waals surface area contributed by atoms with Gasteiger partial charge in [-0.3, -0.25) is 4.79 Å². The van der Waals surface area contributed by atoms with Crippen molar-refractivity contribution in [2.24, 2.45) is 5.92 Å². The van der Waals surface area contributed by atoms with Crippen molar-refractivity contribution in [3.05, 3.63) is 0 Å². The summed E-state index contributed by atoms with van der Waals surface area (Å²) in [5.41, 5.74) is -0.576. The van der Waals surface area contributed by atoms with Gasteiger partial charge in [-0.15, -0.1) is 6.42 Å². The zero-order valence-electron chi connectivity index (χ0n) is 16.7. The summed E-state index contributed by atoms with van der Waals surface area (Å²) in [6.07, 6.45) is 11.9. The minimum absolute atomic E-state index is 0.170. The zero-order chi connectivity index (χ0) is 18.6. The van der Waals surface area contributed by atoms with Crippen LogP contribution in [0.15, 0.2) is 0 Å². The molecule has 0 unspecified atom stereocenters. The normalized spacial score (nSPS) is 13.5. The van der Waals surface area contributed by atoms with Gasteiger partial charge in [0.1, 0.15) is 12.4 Å². The summed E-state index contributed by atoms with van der Waals surface area (Å²) < 4.78 is 11.6. The molecular formula is C21H38O3. The lowest BCUT2D eigenvalue weighted by Crippen LogP contribution is -2.31. The molecule has 0 saturated carbocycles. The first-order chi connectivity index (χ1) is 11.1. The van der Waals surface area contributed by atoms with Crippen molar-refractivity contribution in [1.29, 1.82) is 0 Å². The Morgan fingerprint density at radius 3 is 2.29 bits per heavy atom. The fourth-order valence-electron chi connectivity index (χ4n) is 2.49. The minimum atomic E-state index is -0.291. The Labute approximate surface area is 149 Å². The lowest BCUT2D eigenvalue weighted by molar-refractivity contribution is -0.124. The molecule has 0 rings (SSSR count). The van der Waals surface area contributed by atoms with E-state index in [1.165, 1.54) is 12.8 Å². The third-order valence-corrected chi connectivity index (χ3v) is 4.51. The summed E-state index contributed by atoms with van der Waals surface area (Å²) in [5, 5.41) is 0. The van der Waals surface area contributed by atoms with Gasteiger partial charge in [0.2, 0.25) is 0 Å². The van der Waals surface area contributed by atoms with Gasteiger partial charge < -0.3 is 9.47 Å². The summed E-state index contributed by atoms with van der Waals surface area (Å²) in [5.74, 6) is 3.02. The maximum Gasteiger partial charge on any atom is 0.135 e. The van der Waals surface area contributed by atoms with Gasteiger partial charge in [-0.25, -0.2) is 0 Å². The summed E-state index contributed by atoms with van der Waals surface area (Å²) in [7, 11) is 0. The molecule has 1 atom stereocenters.